The zero-order chi connectivity index (χ0) is 37.6. The van der Waals surface area contributed by atoms with E-state index in [4.69, 9.17) is 23.7 Å². The second-order valence-corrected chi connectivity index (χ2v) is 14.8. The van der Waals surface area contributed by atoms with Crippen molar-refractivity contribution in [3.8, 4) is 33.8 Å². The minimum atomic E-state index is -0.476. The summed E-state index contributed by atoms with van der Waals surface area (Å²) in [6, 6.07) is 23.2. The summed E-state index contributed by atoms with van der Waals surface area (Å²) in [5, 5.41) is 0. The zero-order valence-electron chi connectivity index (χ0n) is 32.0. The van der Waals surface area contributed by atoms with E-state index in [-0.39, 0.29) is 38.6 Å². The normalized spacial score (nSPS) is 19.9. The summed E-state index contributed by atoms with van der Waals surface area (Å²) in [5.41, 5.74) is 6.80. The fourth-order valence-corrected chi connectivity index (χ4v) is 8.12. The fraction of sp³-hybridized carbons (Fsp3) is 0.478. The Balaban J connectivity index is 1.26. The fourth-order valence-electron chi connectivity index (χ4n) is 8.12. The Morgan fingerprint density at radius 2 is 1.19 bits per heavy atom. The number of methoxy groups -OCH3 is 1. The Morgan fingerprint density at radius 3 is 1.74 bits per heavy atom. The van der Waals surface area contributed by atoms with E-state index in [1.165, 1.54) is 93.6 Å². The Kier molecular flexibility index (Phi) is 15.2. The molecule has 0 amide bonds. The van der Waals surface area contributed by atoms with Crippen LogP contribution in [-0.4, -0.2) is 52.1 Å². The van der Waals surface area contributed by atoms with Crippen LogP contribution in [0.1, 0.15) is 89.5 Å². The van der Waals surface area contributed by atoms with Crippen LogP contribution in [0.2, 0.25) is 0 Å². The molecule has 0 radical (unpaired) electrons. The molecule has 2 saturated carbocycles. The third kappa shape index (κ3) is 11.6. The van der Waals surface area contributed by atoms with Crippen molar-refractivity contribution in [2.24, 2.45) is 17.8 Å². The lowest BCUT2D eigenvalue weighted by atomic mass is 9.67. The van der Waals surface area contributed by atoms with Gasteiger partial charge >= 0.3 is 11.9 Å². The molecule has 2 aliphatic rings. The van der Waals surface area contributed by atoms with Crippen LogP contribution in [-0.2, 0) is 23.8 Å². The highest BCUT2D eigenvalue weighted by Crippen LogP contribution is 2.47. The van der Waals surface area contributed by atoms with Gasteiger partial charge in [0.25, 0.3) is 0 Å². The lowest BCUT2D eigenvalue weighted by Gasteiger charge is -2.38. The largest absolute Gasteiger partial charge is 0.490 e. The summed E-state index contributed by atoms with van der Waals surface area (Å²) in [6.07, 6.45) is 13.4. The van der Waals surface area contributed by atoms with Crippen molar-refractivity contribution in [3.05, 3.63) is 96.6 Å². The topological polar surface area (TPSA) is 80.3 Å². The summed E-state index contributed by atoms with van der Waals surface area (Å²) in [7, 11) is 1.51. The molecule has 5 rings (SSSR count). The number of benzene rings is 3. The molecule has 0 aliphatic heterocycles. The Bertz CT molecular complexity index is 1640. The molecule has 0 atom stereocenters. The third-order valence-corrected chi connectivity index (χ3v) is 11.0. The minimum Gasteiger partial charge on any atom is -0.490 e. The number of hydrogen-bond acceptors (Lipinski definition) is 7. The van der Waals surface area contributed by atoms with Gasteiger partial charge in [-0.15, -0.1) is 0 Å². The first-order chi connectivity index (χ1) is 25.7. The number of carbonyl (C=O) groups excluding carboxylic acids is 2. The van der Waals surface area contributed by atoms with Crippen molar-refractivity contribution in [1.82, 2.24) is 0 Å². The maximum Gasteiger partial charge on any atom is 0.335 e. The molecular weight excluding hydrogens is 664 g/mol. The maximum atomic E-state index is 11.9. The molecule has 0 saturated heterocycles. The smallest absolute Gasteiger partial charge is 0.335 e. The van der Waals surface area contributed by atoms with Crippen LogP contribution in [0.25, 0.3) is 22.3 Å². The van der Waals surface area contributed by atoms with Gasteiger partial charge in [0, 0.05) is 12.7 Å². The first kappa shape index (κ1) is 39.8. The van der Waals surface area contributed by atoms with Gasteiger partial charge in [-0.2, -0.15) is 0 Å². The van der Waals surface area contributed by atoms with E-state index in [9.17, 15) is 9.59 Å². The first-order valence-corrected chi connectivity index (χ1v) is 19.5. The first-order valence-electron chi connectivity index (χ1n) is 19.5. The Morgan fingerprint density at radius 1 is 0.660 bits per heavy atom. The van der Waals surface area contributed by atoms with E-state index < -0.39 is 11.9 Å². The van der Waals surface area contributed by atoms with Crippen molar-refractivity contribution in [1.29, 1.82) is 0 Å². The zero-order valence-corrected chi connectivity index (χ0v) is 32.0. The van der Waals surface area contributed by atoms with Crippen LogP contribution in [0.15, 0.2) is 91.0 Å². The molecule has 0 heterocycles. The molecule has 2 fully saturated rings. The molecule has 53 heavy (non-hydrogen) atoms. The molecule has 284 valence electrons. The van der Waals surface area contributed by atoms with E-state index in [1.54, 1.807) is 6.92 Å². The van der Waals surface area contributed by atoms with Crippen LogP contribution in [0.3, 0.4) is 0 Å². The molecule has 7 nitrogen and oxygen atoms in total. The number of hydrogen-bond donors (Lipinski definition) is 0. The second-order valence-electron chi connectivity index (χ2n) is 14.8. The van der Waals surface area contributed by atoms with Crippen molar-refractivity contribution >= 4 is 11.9 Å². The van der Waals surface area contributed by atoms with E-state index in [1.807, 2.05) is 24.3 Å². The highest BCUT2D eigenvalue weighted by atomic mass is 16.6. The van der Waals surface area contributed by atoms with Crippen molar-refractivity contribution < 1.29 is 33.3 Å². The van der Waals surface area contributed by atoms with Crippen molar-refractivity contribution in [3.63, 3.8) is 0 Å². The van der Waals surface area contributed by atoms with Gasteiger partial charge in [0.2, 0.25) is 0 Å². The number of ether oxygens (including phenoxy) is 5. The SMILES string of the molecule is C=C(C)C(=O)OCCOc1ccc(-c2ccc(-c3ccc(OCCOC(=O)C(=C)COC)cc3)cc2C2CCC(C3CCC(CCC)CC3)CC2)cc1. The molecule has 0 unspecified atom stereocenters. The molecule has 3 aromatic carbocycles. The van der Waals surface area contributed by atoms with Gasteiger partial charge in [-0.25, -0.2) is 9.59 Å². The molecule has 0 bridgehead atoms. The molecule has 3 aromatic rings. The Hall–Kier alpha value is -4.36. The van der Waals surface area contributed by atoms with Gasteiger partial charge in [-0.3, -0.25) is 0 Å². The highest BCUT2D eigenvalue weighted by Gasteiger charge is 2.32. The van der Waals surface area contributed by atoms with E-state index in [0.717, 1.165) is 34.8 Å². The average molecular weight is 723 g/mol. The summed E-state index contributed by atoms with van der Waals surface area (Å²) >= 11 is 0. The van der Waals surface area contributed by atoms with Gasteiger partial charge in [0.15, 0.2) is 0 Å². The van der Waals surface area contributed by atoms with Crippen LogP contribution >= 0.6 is 0 Å². The van der Waals surface area contributed by atoms with Crippen molar-refractivity contribution in [2.75, 3.05) is 40.1 Å². The van der Waals surface area contributed by atoms with E-state index in [2.05, 4.69) is 62.5 Å². The number of rotatable bonds is 18. The average Bonchev–Trinajstić information content (AvgIpc) is 3.19. The van der Waals surface area contributed by atoms with Gasteiger partial charge in [0.05, 0.1) is 12.2 Å². The van der Waals surface area contributed by atoms with Crippen LogP contribution < -0.4 is 9.47 Å². The van der Waals surface area contributed by atoms with E-state index in [0.29, 0.717) is 11.5 Å². The lowest BCUT2D eigenvalue weighted by Crippen LogP contribution is -2.25. The standard InChI is InChI=1S/C46H58O7/c1-6-7-34-8-10-35(11-9-34)36-12-14-39(15-13-36)44-30-40(37-16-21-41(22-17-37)51-27-29-53-46(48)33(4)31-49-5)20-25-43(44)38-18-23-42(24-19-38)50-26-28-52-45(47)32(2)3/h16-25,30,34-36,39H,2,4,6-15,26-29,31H2,1,3,5H3. The van der Waals surface area contributed by atoms with Gasteiger partial charge in [-0.1, -0.05) is 88.2 Å². The van der Waals surface area contributed by atoms with E-state index >= 15 is 0 Å². The quantitative estimate of drug-likeness (QED) is 0.0734. The third-order valence-electron chi connectivity index (χ3n) is 11.0. The summed E-state index contributed by atoms with van der Waals surface area (Å²) in [5.74, 6) is 3.78. The molecule has 0 aromatic heterocycles. The predicted molar refractivity (Wildman–Crippen MR) is 211 cm³/mol. The molecule has 0 spiro atoms. The van der Waals surface area contributed by atoms with Gasteiger partial charge < -0.3 is 23.7 Å². The summed E-state index contributed by atoms with van der Waals surface area (Å²) < 4.78 is 27.0. The highest BCUT2D eigenvalue weighted by molar-refractivity contribution is 5.88. The molecule has 0 N–H and O–H groups in total. The van der Waals surface area contributed by atoms with Crippen LogP contribution in [0.4, 0.5) is 0 Å². The summed E-state index contributed by atoms with van der Waals surface area (Å²) in [6.45, 7) is 12.2. The monoisotopic (exact) mass is 722 g/mol. The van der Waals surface area contributed by atoms with Crippen LogP contribution in [0, 0.1) is 17.8 Å². The maximum absolute atomic E-state index is 11.9. The number of esters is 2. The minimum absolute atomic E-state index is 0.133. The Labute approximate surface area is 316 Å². The van der Waals surface area contributed by atoms with Crippen LogP contribution in [0.5, 0.6) is 11.5 Å². The van der Waals surface area contributed by atoms with Crippen molar-refractivity contribution in [2.45, 2.75) is 84.0 Å². The molecular formula is C46H58O7. The molecule has 7 heteroatoms. The molecule has 2 aliphatic carbocycles. The predicted octanol–water partition coefficient (Wildman–Crippen LogP) is 10.5. The second kappa shape index (κ2) is 20.2. The summed E-state index contributed by atoms with van der Waals surface area (Å²) in [4.78, 5) is 23.6. The number of carbonyl (C=O) groups is 2. The van der Waals surface area contributed by atoms with Gasteiger partial charge in [0.1, 0.15) is 37.9 Å². The lowest BCUT2D eigenvalue weighted by molar-refractivity contribution is -0.140. The van der Waals surface area contributed by atoms with Gasteiger partial charge in [-0.05, 0) is 121 Å².